The van der Waals surface area contributed by atoms with Gasteiger partial charge in [-0.15, -0.1) is 0 Å². The molecule has 1 fully saturated rings. The van der Waals surface area contributed by atoms with Crippen molar-refractivity contribution in [1.82, 2.24) is 0 Å². The molecule has 1 saturated heterocycles. The summed E-state index contributed by atoms with van der Waals surface area (Å²) in [6, 6.07) is 20.2. The fourth-order valence-corrected chi connectivity index (χ4v) is 4.02. The Hall–Kier alpha value is -3.02. The Labute approximate surface area is 200 Å². The van der Waals surface area contributed by atoms with E-state index in [0.717, 1.165) is 43.1 Å². The molecule has 4 rings (SSSR count). The van der Waals surface area contributed by atoms with E-state index in [0.29, 0.717) is 29.7 Å². The zero-order valence-corrected chi connectivity index (χ0v) is 19.8. The molecule has 0 saturated carbocycles. The van der Waals surface area contributed by atoms with Crippen LogP contribution in [-0.4, -0.2) is 39.1 Å². The number of ether oxygens (including phenoxy) is 3. The molecule has 0 amide bonds. The topological polar surface area (TPSA) is 43.3 Å². The van der Waals surface area contributed by atoms with Crippen LogP contribution >= 0.6 is 11.6 Å². The molecule has 0 unspecified atom stereocenters. The van der Waals surface area contributed by atoms with Gasteiger partial charge in [0.05, 0.1) is 30.5 Å². The number of hydrogen-bond donors (Lipinski definition) is 0. The predicted octanol–water partition coefficient (Wildman–Crippen LogP) is 6.21. The number of rotatable bonds is 8. The predicted molar refractivity (Wildman–Crippen MR) is 135 cm³/mol. The summed E-state index contributed by atoms with van der Waals surface area (Å²) in [6.07, 6.45) is 1.79. The highest BCUT2D eigenvalue weighted by molar-refractivity contribution is 6.32. The van der Waals surface area contributed by atoms with Crippen molar-refractivity contribution in [1.29, 1.82) is 0 Å². The number of aryl methyl sites for hydroxylation is 1. The van der Waals surface area contributed by atoms with Crippen LogP contribution < -0.4 is 14.4 Å². The van der Waals surface area contributed by atoms with Crippen LogP contribution in [0.4, 0.5) is 11.4 Å². The molecule has 1 aliphatic heterocycles. The standard InChI is InChI=1S/C27H29ClN2O3/c1-3-32-26-17-22(16-25(28)27(26)33-19-21-6-4-5-20(2)15-21)18-29-23-7-9-24(10-8-23)30-11-13-31-14-12-30/h4-10,15-18H,3,11-14,19H2,1-2H3. The van der Waals surface area contributed by atoms with Gasteiger partial charge in [0.1, 0.15) is 6.61 Å². The number of aliphatic imine (C=N–C) groups is 1. The molecule has 3 aromatic carbocycles. The van der Waals surface area contributed by atoms with Gasteiger partial charge in [-0.25, -0.2) is 0 Å². The van der Waals surface area contributed by atoms with E-state index in [-0.39, 0.29) is 0 Å². The summed E-state index contributed by atoms with van der Waals surface area (Å²) in [6.45, 7) is 8.31. The van der Waals surface area contributed by atoms with Gasteiger partial charge in [0.2, 0.25) is 0 Å². The molecule has 33 heavy (non-hydrogen) atoms. The fraction of sp³-hybridized carbons (Fsp3) is 0.296. The summed E-state index contributed by atoms with van der Waals surface area (Å²) in [5.41, 5.74) is 5.19. The zero-order chi connectivity index (χ0) is 23.0. The zero-order valence-electron chi connectivity index (χ0n) is 19.1. The maximum absolute atomic E-state index is 6.57. The van der Waals surface area contributed by atoms with Crippen molar-refractivity contribution < 1.29 is 14.2 Å². The van der Waals surface area contributed by atoms with Crippen molar-refractivity contribution in [3.63, 3.8) is 0 Å². The van der Waals surface area contributed by atoms with Crippen molar-refractivity contribution in [3.8, 4) is 11.5 Å². The van der Waals surface area contributed by atoms with Crippen LogP contribution in [0.2, 0.25) is 5.02 Å². The van der Waals surface area contributed by atoms with Gasteiger partial charge in [0, 0.05) is 25.0 Å². The minimum Gasteiger partial charge on any atom is -0.490 e. The highest BCUT2D eigenvalue weighted by atomic mass is 35.5. The molecule has 0 N–H and O–H groups in total. The minimum atomic E-state index is 0.421. The Balaban J connectivity index is 1.47. The molecule has 3 aromatic rings. The van der Waals surface area contributed by atoms with Crippen LogP contribution in [0.1, 0.15) is 23.6 Å². The summed E-state index contributed by atoms with van der Waals surface area (Å²) in [5, 5.41) is 0.498. The maximum Gasteiger partial charge on any atom is 0.180 e. The van der Waals surface area contributed by atoms with Crippen LogP contribution in [0, 0.1) is 6.92 Å². The number of anilines is 1. The number of nitrogens with zero attached hydrogens (tertiary/aromatic N) is 2. The van der Waals surface area contributed by atoms with Gasteiger partial charge in [-0.3, -0.25) is 4.99 Å². The highest BCUT2D eigenvalue weighted by Crippen LogP contribution is 2.37. The molecular formula is C27H29ClN2O3. The van der Waals surface area contributed by atoms with E-state index in [9.17, 15) is 0 Å². The van der Waals surface area contributed by atoms with E-state index in [1.165, 1.54) is 11.3 Å². The van der Waals surface area contributed by atoms with Crippen LogP contribution in [0.25, 0.3) is 0 Å². The lowest BCUT2D eigenvalue weighted by Gasteiger charge is -2.28. The van der Waals surface area contributed by atoms with E-state index in [2.05, 4.69) is 41.1 Å². The van der Waals surface area contributed by atoms with Gasteiger partial charge in [-0.2, -0.15) is 0 Å². The van der Waals surface area contributed by atoms with Crippen molar-refractivity contribution in [3.05, 3.63) is 82.4 Å². The third kappa shape index (κ3) is 6.28. The first-order chi connectivity index (χ1) is 16.1. The largest absolute Gasteiger partial charge is 0.490 e. The average Bonchev–Trinajstić information content (AvgIpc) is 2.83. The molecular weight excluding hydrogens is 436 g/mol. The van der Waals surface area contributed by atoms with Gasteiger partial charge >= 0.3 is 0 Å². The summed E-state index contributed by atoms with van der Waals surface area (Å²) in [5.74, 6) is 1.16. The first kappa shape index (κ1) is 23.1. The molecule has 0 spiro atoms. The van der Waals surface area contributed by atoms with Gasteiger partial charge in [-0.1, -0.05) is 41.4 Å². The molecule has 0 aromatic heterocycles. The van der Waals surface area contributed by atoms with E-state index >= 15 is 0 Å². The first-order valence-corrected chi connectivity index (χ1v) is 11.6. The Morgan fingerprint density at radius 2 is 1.82 bits per heavy atom. The maximum atomic E-state index is 6.57. The van der Waals surface area contributed by atoms with Crippen LogP contribution in [-0.2, 0) is 11.3 Å². The summed E-state index contributed by atoms with van der Waals surface area (Å²) in [7, 11) is 0. The number of halogens is 1. The quantitative estimate of drug-likeness (QED) is 0.371. The van der Waals surface area contributed by atoms with Crippen LogP contribution in [0.3, 0.4) is 0 Å². The molecule has 1 heterocycles. The second kappa shape index (κ2) is 11.2. The summed E-state index contributed by atoms with van der Waals surface area (Å²) in [4.78, 5) is 6.93. The SMILES string of the molecule is CCOc1cc(C=Nc2ccc(N3CCOCC3)cc2)cc(Cl)c1OCc1cccc(C)c1. The van der Waals surface area contributed by atoms with Gasteiger partial charge in [-0.05, 0) is 61.4 Å². The number of morpholine rings is 1. The number of hydrogen-bond acceptors (Lipinski definition) is 5. The molecule has 172 valence electrons. The van der Waals surface area contributed by atoms with Gasteiger partial charge in [0.15, 0.2) is 11.5 Å². The Morgan fingerprint density at radius 3 is 2.55 bits per heavy atom. The number of benzene rings is 3. The van der Waals surface area contributed by atoms with Crippen molar-refractivity contribution in [2.24, 2.45) is 4.99 Å². The van der Waals surface area contributed by atoms with Gasteiger partial charge in [0.25, 0.3) is 0 Å². The summed E-state index contributed by atoms with van der Waals surface area (Å²) >= 11 is 6.57. The van der Waals surface area contributed by atoms with Crippen LogP contribution in [0.5, 0.6) is 11.5 Å². The Morgan fingerprint density at radius 1 is 1.03 bits per heavy atom. The normalized spacial score (nSPS) is 14.0. The molecule has 5 nitrogen and oxygen atoms in total. The third-order valence-corrected chi connectivity index (χ3v) is 5.67. The van der Waals surface area contributed by atoms with E-state index in [1.54, 1.807) is 6.21 Å². The molecule has 0 aliphatic carbocycles. The van der Waals surface area contributed by atoms with Gasteiger partial charge < -0.3 is 19.1 Å². The average molecular weight is 465 g/mol. The summed E-state index contributed by atoms with van der Waals surface area (Å²) < 4.78 is 17.3. The smallest absolute Gasteiger partial charge is 0.180 e. The van der Waals surface area contributed by atoms with E-state index in [1.807, 2.05) is 43.3 Å². The molecule has 6 heteroatoms. The van der Waals surface area contributed by atoms with E-state index < -0.39 is 0 Å². The highest BCUT2D eigenvalue weighted by Gasteiger charge is 2.13. The van der Waals surface area contributed by atoms with Crippen LogP contribution in [0.15, 0.2) is 65.7 Å². The lowest BCUT2D eigenvalue weighted by Crippen LogP contribution is -2.36. The van der Waals surface area contributed by atoms with Crippen molar-refractivity contribution in [2.75, 3.05) is 37.8 Å². The molecule has 0 atom stereocenters. The molecule has 0 bridgehead atoms. The van der Waals surface area contributed by atoms with Crippen molar-refractivity contribution >= 4 is 29.2 Å². The minimum absolute atomic E-state index is 0.421. The Bertz CT molecular complexity index is 1090. The van der Waals surface area contributed by atoms with E-state index in [4.69, 9.17) is 25.8 Å². The Kier molecular flexibility index (Phi) is 7.87. The lowest BCUT2D eigenvalue weighted by molar-refractivity contribution is 0.122. The monoisotopic (exact) mass is 464 g/mol. The third-order valence-electron chi connectivity index (χ3n) is 5.39. The fourth-order valence-electron chi connectivity index (χ4n) is 3.74. The first-order valence-electron chi connectivity index (χ1n) is 11.2. The second-order valence-electron chi connectivity index (χ2n) is 7.91. The lowest BCUT2D eigenvalue weighted by atomic mass is 10.1. The molecule has 1 aliphatic rings. The molecule has 0 radical (unpaired) electrons. The second-order valence-corrected chi connectivity index (χ2v) is 8.32. The van der Waals surface area contributed by atoms with Crippen molar-refractivity contribution in [2.45, 2.75) is 20.5 Å².